The molecule has 4 aromatic rings. The molecule has 0 aliphatic carbocycles. The molecule has 0 saturated carbocycles. The molecule has 4 amide bonds. The maximum atomic E-state index is 16.0. The van der Waals surface area contributed by atoms with Gasteiger partial charge in [-0.15, -0.1) is 0 Å². The summed E-state index contributed by atoms with van der Waals surface area (Å²) in [5.41, 5.74) is -0.488. The zero-order chi connectivity index (χ0) is 54.0. The number of pyridine rings is 1. The summed E-state index contributed by atoms with van der Waals surface area (Å²) in [4.78, 5) is 70.2. The molecule has 0 bridgehead atoms. The third-order valence-electron chi connectivity index (χ3n) is 12.7. The summed E-state index contributed by atoms with van der Waals surface area (Å²) in [6.07, 6.45) is -6.64. The molecule has 0 unspecified atom stereocenters. The number of carbonyl (C=O) groups excluding carboxylic acids is 4. The number of methoxy groups -OCH3 is 1. The molecule has 4 atom stereocenters. The second kappa shape index (κ2) is 24.4. The van der Waals surface area contributed by atoms with E-state index in [1.807, 2.05) is 17.4 Å². The fourth-order valence-corrected chi connectivity index (χ4v) is 8.01. The molecule has 18 nitrogen and oxygen atoms in total. The first-order valence-corrected chi connectivity index (χ1v) is 23.7. The lowest BCUT2D eigenvalue weighted by molar-refractivity contribution is -0.220. The number of alkyl halides is 3. The summed E-state index contributed by atoms with van der Waals surface area (Å²) in [6.45, 7) is 9.61. The summed E-state index contributed by atoms with van der Waals surface area (Å²) in [7, 11) is 2.16. The molecule has 398 valence electrons. The summed E-state index contributed by atoms with van der Waals surface area (Å²) < 4.78 is 90.8. The SMILES string of the molecule is CNC(=O)O[C@H](C(=O)NN(Cc1c(F)cc(-c2ncccn2)cc1F)C[C@H](O)[C@H](Cc1ccc(C#Cc2ccc(N3CCN(C4COC4)CC3)nc2)cc1)NC(=O)[C@@H](NC(=O)OC)C(C)(C)C(F)(F)F)C(C)(C)C. The number of piperazine rings is 1. The van der Waals surface area contributed by atoms with Gasteiger partial charge in [0.15, 0.2) is 11.9 Å². The van der Waals surface area contributed by atoms with E-state index in [1.54, 1.807) is 51.2 Å². The van der Waals surface area contributed by atoms with E-state index in [0.717, 1.165) is 69.5 Å². The second-order valence-electron chi connectivity index (χ2n) is 19.5. The van der Waals surface area contributed by atoms with Crippen LogP contribution < -0.4 is 26.3 Å². The predicted molar refractivity (Wildman–Crippen MR) is 261 cm³/mol. The maximum Gasteiger partial charge on any atom is 0.407 e. The molecule has 0 radical (unpaired) electrons. The molecule has 5 N–H and O–H groups in total. The average Bonchev–Trinajstić information content (AvgIpc) is 3.34. The molecule has 2 fully saturated rings. The number of hydrazine groups is 1. The fraction of sp³-hybridized carbons (Fsp3) is 0.471. The number of anilines is 1. The molecule has 2 aromatic carbocycles. The van der Waals surface area contributed by atoms with Gasteiger partial charge in [0.05, 0.1) is 43.9 Å². The molecule has 0 spiro atoms. The summed E-state index contributed by atoms with van der Waals surface area (Å²) in [5.74, 6) is 2.41. The van der Waals surface area contributed by atoms with Crippen molar-refractivity contribution in [2.45, 2.75) is 84.1 Å². The highest BCUT2D eigenvalue weighted by atomic mass is 19.4. The Bertz CT molecular complexity index is 2610. The number of halogens is 5. The normalized spacial score (nSPS) is 16.1. The molecular formula is C51H61F5N10O8. The number of aliphatic hydroxyl groups is 1. The van der Waals surface area contributed by atoms with Crippen molar-refractivity contribution in [1.82, 2.24) is 46.2 Å². The van der Waals surface area contributed by atoms with Gasteiger partial charge in [0.2, 0.25) is 5.91 Å². The van der Waals surface area contributed by atoms with E-state index in [-0.39, 0.29) is 17.8 Å². The fourth-order valence-electron chi connectivity index (χ4n) is 8.01. The third kappa shape index (κ3) is 14.6. The van der Waals surface area contributed by atoms with Crippen molar-refractivity contribution in [3.05, 3.63) is 107 Å². The molecule has 2 aromatic heterocycles. The van der Waals surface area contributed by atoms with E-state index in [1.165, 1.54) is 25.5 Å². The number of nitrogens with one attached hydrogen (secondary N) is 4. The predicted octanol–water partition coefficient (Wildman–Crippen LogP) is 4.74. The van der Waals surface area contributed by atoms with Crippen LogP contribution in [0.5, 0.6) is 0 Å². The van der Waals surface area contributed by atoms with Crippen molar-refractivity contribution in [3.8, 4) is 23.2 Å². The van der Waals surface area contributed by atoms with Gasteiger partial charge in [-0.25, -0.2) is 38.3 Å². The van der Waals surface area contributed by atoms with Crippen LogP contribution in [0.25, 0.3) is 11.4 Å². The van der Waals surface area contributed by atoms with Gasteiger partial charge in [-0.2, -0.15) is 13.2 Å². The minimum Gasteiger partial charge on any atom is -0.453 e. The number of hydrogen-bond donors (Lipinski definition) is 5. The zero-order valence-electron chi connectivity index (χ0n) is 42.1. The summed E-state index contributed by atoms with van der Waals surface area (Å²) in [5, 5.41) is 19.7. The van der Waals surface area contributed by atoms with Crippen LogP contribution in [-0.2, 0) is 36.8 Å². The number of aliphatic hydroxyl groups excluding tert-OH is 1. The highest BCUT2D eigenvalue weighted by molar-refractivity contribution is 5.87. The van der Waals surface area contributed by atoms with Crippen LogP contribution in [0.1, 0.15) is 56.9 Å². The van der Waals surface area contributed by atoms with Crippen LogP contribution in [0.4, 0.5) is 37.4 Å². The molecule has 2 aliphatic rings. The Morgan fingerprint density at radius 2 is 1.49 bits per heavy atom. The minimum atomic E-state index is -5.06. The zero-order valence-corrected chi connectivity index (χ0v) is 42.1. The van der Waals surface area contributed by atoms with Gasteiger partial charge in [-0.05, 0) is 68.3 Å². The van der Waals surface area contributed by atoms with Crippen molar-refractivity contribution < 1.29 is 60.4 Å². The first-order valence-electron chi connectivity index (χ1n) is 23.7. The second-order valence-corrected chi connectivity index (χ2v) is 19.5. The van der Waals surface area contributed by atoms with Crippen molar-refractivity contribution in [2.24, 2.45) is 10.8 Å². The number of amides is 4. The molecular weight excluding hydrogens is 976 g/mol. The smallest absolute Gasteiger partial charge is 0.407 e. The standard InChI is InChI=1S/C51H61F5N10O8/c1-49(2,3)43(74-47(70)57-6)46(69)63-66(27-36-37(52)24-34(25-38(36)53)44-58-17-8-18-59-44)28-40(67)39(61-45(68)42(62-48(71)72-7)50(4,5)51(54,55)56)23-32-12-9-31(10-13-32)11-14-33-15-16-41(60-26-33)65-21-19-64(20-22-65)35-29-73-30-35/h8-10,12-13,15-18,24-26,35,39-40,42-43,67H,19-23,27-30H2,1-7H3,(H,57,70)(H,61,68)(H,62,71)(H,63,69)/t39-,40-,42+,43+/m0/s1. The lowest BCUT2D eigenvalue weighted by Gasteiger charge is -2.42. The van der Waals surface area contributed by atoms with Gasteiger partial charge < -0.3 is 40.2 Å². The first kappa shape index (κ1) is 56.3. The van der Waals surface area contributed by atoms with Crippen LogP contribution in [0.3, 0.4) is 0 Å². The van der Waals surface area contributed by atoms with Gasteiger partial charge in [0.1, 0.15) is 23.5 Å². The summed E-state index contributed by atoms with van der Waals surface area (Å²) in [6, 6.07) is 10.4. The minimum absolute atomic E-state index is 0.00644. The molecule has 2 aliphatic heterocycles. The number of alkyl carbamates (subject to hydrolysis) is 2. The Balaban J connectivity index is 1.28. The third-order valence-corrected chi connectivity index (χ3v) is 12.7. The number of benzene rings is 2. The Morgan fingerprint density at radius 3 is 2.03 bits per heavy atom. The van der Waals surface area contributed by atoms with Crippen molar-refractivity contribution in [3.63, 3.8) is 0 Å². The molecule has 6 rings (SSSR count). The quantitative estimate of drug-likeness (QED) is 0.0550. The first-order chi connectivity index (χ1) is 35.0. The Morgan fingerprint density at radius 1 is 0.865 bits per heavy atom. The van der Waals surface area contributed by atoms with Gasteiger partial charge in [0.25, 0.3) is 5.91 Å². The Hall–Kier alpha value is -7.00. The maximum absolute atomic E-state index is 16.0. The van der Waals surface area contributed by atoms with Crippen molar-refractivity contribution in [2.75, 3.05) is 65.0 Å². The Labute approximate surface area is 425 Å². The van der Waals surface area contributed by atoms with Gasteiger partial charge >= 0.3 is 18.4 Å². The average molecular weight is 1040 g/mol. The van der Waals surface area contributed by atoms with Gasteiger partial charge in [-0.1, -0.05) is 44.7 Å². The molecule has 74 heavy (non-hydrogen) atoms. The van der Waals surface area contributed by atoms with E-state index < -0.39 is 95.6 Å². The van der Waals surface area contributed by atoms with Gasteiger partial charge in [0, 0.05) is 92.6 Å². The number of hydrogen-bond acceptors (Lipinski definition) is 14. The number of aromatic nitrogens is 3. The monoisotopic (exact) mass is 1040 g/mol. The topological polar surface area (TPSA) is 213 Å². The number of carbonyl (C=O) groups is 4. The number of ether oxygens (including phenoxy) is 3. The lowest BCUT2D eigenvalue weighted by atomic mass is 9.82. The Kier molecular flexibility index (Phi) is 18.5. The van der Waals surface area contributed by atoms with E-state index in [9.17, 15) is 37.5 Å². The van der Waals surface area contributed by atoms with E-state index in [4.69, 9.17) is 9.47 Å². The van der Waals surface area contributed by atoms with Crippen LogP contribution in [0.2, 0.25) is 0 Å². The number of nitrogens with zero attached hydrogens (tertiary/aromatic N) is 6. The van der Waals surface area contributed by atoms with E-state index in [2.05, 4.69) is 57.4 Å². The largest absolute Gasteiger partial charge is 0.453 e. The van der Waals surface area contributed by atoms with Crippen molar-refractivity contribution >= 4 is 29.8 Å². The van der Waals surface area contributed by atoms with Gasteiger partial charge in [-0.3, -0.25) is 19.9 Å². The molecule has 4 heterocycles. The molecule has 23 heteroatoms. The number of rotatable bonds is 17. The highest BCUT2D eigenvalue weighted by Crippen LogP contribution is 2.40. The van der Waals surface area contributed by atoms with E-state index >= 15 is 8.78 Å². The molecule has 2 saturated heterocycles. The van der Waals surface area contributed by atoms with Crippen LogP contribution in [0, 0.1) is 34.3 Å². The van der Waals surface area contributed by atoms with Crippen molar-refractivity contribution in [1.29, 1.82) is 0 Å². The van der Waals surface area contributed by atoms with Crippen LogP contribution in [0.15, 0.2) is 73.2 Å². The highest BCUT2D eigenvalue weighted by Gasteiger charge is 2.56. The lowest BCUT2D eigenvalue weighted by Crippen LogP contribution is -2.62. The van der Waals surface area contributed by atoms with Crippen LogP contribution in [-0.4, -0.2) is 151 Å². The van der Waals surface area contributed by atoms with E-state index in [0.29, 0.717) is 36.6 Å². The van der Waals surface area contributed by atoms with Crippen LogP contribution >= 0.6 is 0 Å². The summed E-state index contributed by atoms with van der Waals surface area (Å²) >= 11 is 0.